The number of para-hydroxylation sites is 1. The van der Waals surface area contributed by atoms with Gasteiger partial charge in [-0.25, -0.2) is 13.8 Å². The third kappa shape index (κ3) is 4.67. The molecule has 1 aromatic heterocycles. The molecule has 7 heteroatoms. The number of rotatable bonds is 6. The van der Waals surface area contributed by atoms with Crippen LogP contribution in [-0.2, 0) is 6.54 Å². The van der Waals surface area contributed by atoms with Gasteiger partial charge in [-0.1, -0.05) is 18.2 Å². The summed E-state index contributed by atoms with van der Waals surface area (Å²) in [6, 6.07) is 12.8. The van der Waals surface area contributed by atoms with E-state index in [1.807, 2.05) is 43.3 Å². The molecule has 0 amide bonds. The number of halogens is 2. The largest absolute Gasteiger partial charge is 0.362 e. The monoisotopic (exact) mass is 411 g/mol. The van der Waals surface area contributed by atoms with Gasteiger partial charge in [0.1, 0.15) is 5.82 Å². The van der Waals surface area contributed by atoms with E-state index in [1.54, 1.807) is 6.07 Å². The first-order valence-electron chi connectivity index (χ1n) is 10.4. The molecule has 1 saturated carbocycles. The molecule has 1 aliphatic rings. The van der Waals surface area contributed by atoms with Crippen molar-refractivity contribution in [3.63, 3.8) is 0 Å². The van der Waals surface area contributed by atoms with E-state index < -0.39 is 11.6 Å². The van der Waals surface area contributed by atoms with E-state index >= 15 is 0 Å². The van der Waals surface area contributed by atoms with Gasteiger partial charge >= 0.3 is 0 Å². The second-order valence-electron chi connectivity index (χ2n) is 8.10. The van der Waals surface area contributed by atoms with Gasteiger partial charge in [-0.3, -0.25) is 0 Å². The van der Waals surface area contributed by atoms with Crippen LogP contribution < -0.4 is 15.5 Å². The lowest BCUT2D eigenvalue weighted by atomic mass is 9.91. The van der Waals surface area contributed by atoms with Crippen molar-refractivity contribution in [1.29, 1.82) is 0 Å². The molecule has 5 nitrogen and oxygen atoms in total. The number of benzene rings is 2. The topological polar surface area (TPSA) is 53.1 Å². The van der Waals surface area contributed by atoms with E-state index in [9.17, 15) is 8.78 Å². The maximum atomic E-state index is 13.4. The minimum Gasteiger partial charge on any atom is -0.362 e. The van der Waals surface area contributed by atoms with Gasteiger partial charge in [-0.05, 0) is 55.5 Å². The van der Waals surface area contributed by atoms with Crippen LogP contribution in [-0.4, -0.2) is 36.1 Å². The first-order valence-corrected chi connectivity index (χ1v) is 10.4. The molecule has 0 saturated heterocycles. The van der Waals surface area contributed by atoms with E-state index in [0.29, 0.717) is 24.6 Å². The third-order valence-electron chi connectivity index (χ3n) is 5.65. The van der Waals surface area contributed by atoms with E-state index in [-0.39, 0.29) is 0 Å². The van der Waals surface area contributed by atoms with Gasteiger partial charge in [0, 0.05) is 38.1 Å². The third-order valence-corrected chi connectivity index (χ3v) is 5.65. The summed E-state index contributed by atoms with van der Waals surface area (Å²) in [7, 11) is 3.98. The number of nitrogens with one attached hydrogen (secondary N) is 2. The summed E-state index contributed by atoms with van der Waals surface area (Å²) in [5.74, 6) is -0.0334. The minimum absolute atomic E-state index is 0.322. The number of hydrogen-bond acceptors (Lipinski definition) is 5. The summed E-state index contributed by atoms with van der Waals surface area (Å²) in [6.45, 7) is 0.542. The molecule has 1 aliphatic carbocycles. The van der Waals surface area contributed by atoms with Crippen molar-refractivity contribution in [1.82, 2.24) is 15.3 Å². The first kappa shape index (κ1) is 20.5. The summed E-state index contributed by atoms with van der Waals surface area (Å²) in [4.78, 5) is 11.4. The second-order valence-corrected chi connectivity index (χ2v) is 8.10. The lowest BCUT2D eigenvalue weighted by Crippen LogP contribution is -2.37. The van der Waals surface area contributed by atoms with Gasteiger partial charge < -0.3 is 15.5 Å². The van der Waals surface area contributed by atoms with E-state index in [0.717, 1.165) is 48.0 Å². The number of nitrogens with zero attached hydrogens (tertiary/aromatic N) is 3. The van der Waals surface area contributed by atoms with Gasteiger partial charge in [0.25, 0.3) is 0 Å². The zero-order valence-electron chi connectivity index (χ0n) is 17.3. The van der Waals surface area contributed by atoms with Gasteiger partial charge in [-0.2, -0.15) is 4.98 Å². The van der Waals surface area contributed by atoms with Crippen molar-refractivity contribution in [3.8, 4) is 0 Å². The van der Waals surface area contributed by atoms with Crippen molar-refractivity contribution in [2.75, 3.05) is 24.3 Å². The molecular weight excluding hydrogens is 384 g/mol. The molecule has 0 radical (unpaired) electrons. The SMILES string of the molecule is CN(C)c1nc(N[C@H]2CC[C@@H](NCc3ccc(F)c(F)c3)CC2)nc2ccccc12. The number of hydrogen-bond donors (Lipinski definition) is 2. The number of aromatic nitrogens is 2. The fraction of sp³-hybridized carbons (Fsp3) is 0.391. The molecule has 0 unspecified atom stereocenters. The summed E-state index contributed by atoms with van der Waals surface area (Å²) in [5, 5.41) is 8.01. The Morgan fingerprint density at radius 2 is 1.67 bits per heavy atom. The molecule has 3 aromatic rings. The molecule has 0 bridgehead atoms. The maximum Gasteiger partial charge on any atom is 0.225 e. The predicted molar refractivity (Wildman–Crippen MR) is 117 cm³/mol. The highest BCUT2D eigenvalue weighted by molar-refractivity contribution is 5.90. The van der Waals surface area contributed by atoms with Crippen LogP contribution in [0.15, 0.2) is 42.5 Å². The molecule has 2 aromatic carbocycles. The molecule has 1 fully saturated rings. The van der Waals surface area contributed by atoms with Gasteiger partial charge in [0.05, 0.1) is 5.52 Å². The van der Waals surface area contributed by atoms with Crippen LogP contribution in [0, 0.1) is 11.6 Å². The van der Waals surface area contributed by atoms with Crippen LogP contribution in [0.5, 0.6) is 0 Å². The average molecular weight is 412 g/mol. The van der Waals surface area contributed by atoms with Crippen LogP contribution >= 0.6 is 0 Å². The predicted octanol–water partition coefficient (Wildman–Crippen LogP) is 4.49. The maximum absolute atomic E-state index is 13.4. The van der Waals surface area contributed by atoms with Crippen molar-refractivity contribution in [2.24, 2.45) is 0 Å². The molecule has 1 heterocycles. The average Bonchev–Trinajstić information content (AvgIpc) is 2.75. The highest BCUT2D eigenvalue weighted by Gasteiger charge is 2.22. The van der Waals surface area contributed by atoms with E-state index in [1.165, 1.54) is 12.1 Å². The zero-order chi connectivity index (χ0) is 21.1. The van der Waals surface area contributed by atoms with Crippen molar-refractivity contribution >= 4 is 22.7 Å². The summed E-state index contributed by atoms with van der Waals surface area (Å²) in [5.41, 5.74) is 1.69. The summed E-state index contributed by atoms with van der Waals surface area (Å²) in [6.07, 6.45) is 4.02. The van der Waals surface area contributed by atoms with Crippen LogP contribution in [0.2, 0.25) is 0 Å². The van der Waals surface area contributed by atoms with E-state index in [2.05, 4.69) is 10.6 Å². The molecule has 4 rings (SSSR count). The zero-order valence-corrected chi connectivity index (χ0v) is 17.3. The lowest BCUT2D eigenvalue weighted by Gasteiger charge is -2.30. The van der Waals surface area contributed by atoms with Crippen LogP contribution in [0.3, 0.4) is 0 Å². The molecule has 0 atom stereocenters. The first-order chi connectivity index (χ1) is 14.5. The van der Waals surface area contributed by atoms with Crippen LogP contribution in [0.25, 0.3) is 10.9 Å². The Bertz CT molecular complexity index is 1020. The normalized spacial score (nSPS) is 19.1. The van der Waals surface area contributed by atoms with Crippen molar-refractivity contribution < 1.29 is 8.78 Å². The fourth-order valence-corrected chi connectivity index (χ4v) is 4.00. The smallest absolute Gasteiger partial charge is 0.225 e. The fourth-order valence-electron chi connectivity index (χ4n) is 4.00. The number of fused-ring (bicyclic) bond motifs is 1. The van der Waals surface area contributed by atoms with Gasteiger partial charge in [0.15, 0.2) is 11.6 Å². The second kappa shape index (κ2) is 8.92. The van der Waals surface area contributed by atoms with Crippen molar-refractivity contribution in [2.45, 2.75) is 44.3 Å². The molecule has 30 heavy (non-hydrogen) atoms. The Hall–Kier alpha value is -2.80. The Balaban J connectivity index is 1.34. The molecule has 0 spiro atoms. The highest BCUT2D eigenvalue weighted by atomic mass is 19.2. The minimum atomic E-state index is -0.807. The van der Waals surface area contributed by atoms with Gasteiger partial charge in [-0.15, -0.1) is 0 Å². The molecular formula is C23H27F2N5. The van der Waals surface area contributed by atoms with E-state index in [4.69, 9.17) is 9.97 Å². The number of anilines is 2. The van der Waals surface area contributed by atoms with Gasteiger partial charge in [0.2, 0.25) is 5.95 Å². The summed E-state index contributed by atoms with van der Waals surface area (Å²) < 4.78 is 26.4. The van der Waals surface area contributed by atoms with Crippen LogP contribution in [0.4, 0.5) is 20.5 Å². The Kier molecular flexibility index (Phi) is 6.08. The quantitative estimate of drug-likeness (QED) is 0.626. The van der Waals surface area contributed by atoms with Crippen LogP contribution in [0.1, 0.15) is 31.2 Å². The standard InChI is InChI=1S/C23H27F2N5/c1-30(2)22-18-5-3-4-6-21(18)28-23(29-22)27-17-10-8-16(9-11-17)26-14-15-7-12-19(24)20(25)13-15/h3-7,12-13,16-17,26H,8-11,14H2,1-2H3,(H,27,28,29)/t16-,17+. The lowest BCUT2D eigenvalue weighted by molar-refractivity contribution is 0.352. The summed E-state index contributed by atoms with van der Waals surface area (Å²) >= 11 is 0. The molecule has 2 N–H and O–H groups in total. The Morgan fingerprint density at radius 1 is 0.933 bits per heavy atom. The molecule has 0 aliphatic heterocycles. The Labute approximate surface area is 175 Å². The van der Waals surface area contributed by atoms with Crippen molar-refractivity contribution in [3.05, 3.63) is 59.7 Å². The molecule has 158 valence electrons. The Morgan fingerprint density at radius 3 is 2.40 bits per heavy atom. The highest BCUT2D eigenvalue weighted by Crippen LogP contribution is 2.26.